The zero-order valence-electron chi connectivity index (χ0n) is 13.7. The Morgan fingerprint density at radius 3 is 1.81 bits per heavy atom. The van der Waals surface area contributed by atoms with E-state index < -0.39 is 4.92 Å². The fourth-order valence-electron chi connectivity index (χ4n) is 2.73. The summed E-state index contributed by atoms with van der Waals surface area (Å²) < 4.78 is 0. The van der Waals surface area contributed by atoms with Crippen LogP contribution in [0.5, 0.6) is 0 Å². The fourth-order valence-corrected chi connectivity index (χ4v) is 3.18. The van der Waals surface area contributed by atoms with E-state index in [1.807, 2.05) is 24.3 Å². The van der Waals surface area contributed by atoms with E-state index >= 15 is 0 Å². The molecule has 0 fully saturated rings. The van der Waals surface area contributed by atoms with Crippen molar-refractivity contribution in [2.75, 3.05) is 5.33 Å². The third-order valence-corrected chi connectivity index (χ3v) is 4.62. The number of halogens is 2. The second kappa shape index (κ2) is 8.30. The van der Waals surface area contributed by atoms with Gasteiger partial charge in [0.15, 0.2) is 0 Å². The number of nitro benzene ring substituents is 1. The second-order valence-electron chi connectivity index (χ2n) is 5.66. The van der Waals surface area contributed by atoms with Crippen LogP contribution in [0.2, 0.25) is 5.02 Å². The fraction of sp³-hybridized carbons (Fsp3) is 0.0476. The zero-order chi connectivity index (χ0) is 18.5. The van der Waals surface area contributed by atoms with Crippen LogP contribution in [0.1, 0.15) is 11.1 Å². The van der Waals surface area contributed by atoms with Crippen LogP contribution in [-0.4, -0.2) is 10.3 Å². The number of hydrogen-bond donors (Lipinski definition) is 0. The lowest BCUT2D eigenvalue weighted by Gasteiger charge is -2.10. The maximum Gasteiger partial charge on any atom is 0.269 e. The maximum absolute atomic E-state index is 10.8. The third-order valence-electron chi connectivity index (χ3n) is 4.04. The summed E-state index contributed by atoms with van der Waals surface area (Å²) in [5.74, 6) is 0. The van der Waals surface area contributed by atoms with Crippen molar-refractivity contribution in [2.45, 2.75) is 0 Å². The van der Waals surface area contributed by atoms with E-state index in [2.05, 4.69) is 46.3 Å². The largest absolute Gasteiger partial charge is 0.269 e. The lowest BCUT2D eigenvalue weighted by atomic mass is 9.95. The summed E-state index contributed by atoms with van der Waals surface area (Å²) in [5, 5.41) is 12.3. The first-order valence-electron chi connectivity index (χ1n) is 7.96. The molecular weight excluding hydrogens is 414 g/mol. The minimum Gasteiger partial charge on any atom is -0.258 e. The maximum atomic E-state index is 10.8. The summed E-state index contributed by atoms with van der Waals surface area (Å²) in [5.41, 5.74) is 5.31. The van der Waals surface area contributed by atoms with Gasteiger partial charge in [0.1, 0.15) is 0 Å². The first kappa shape index (κ1) is 18.4. The van der Waals surface area contributed by atoms with Gasteiger partial charge in [-0.1, -0.05) is 70.0 Å². The zero-order valence-corrected chi connectivity index (χ0v) is 16.1. The first-order valence-corrected chi connectivity index (χ1v) is 9.46. The Labute approximate surface area is 165 Å². The molecule has 0 spiro atoms. The van der Waals surface area contributed by atoms with Crippen molar-refractivity contribution in [3.05, 3.63) is 105 Å². The smallest absolute Gasteiger partial charge is 0.258 e. The van der Waals surface area contributed by atoms with E-state index in [9.17, 15) is 10.1 Å². The van der Waals surface area contributed by atoms with Crippen molar-refractivity contribution in [1.29, 1.82) is 0 Å². The van der Waals surface area contributed by atoms with Crippen molar-refractivity contribution >= 4 is 38.8 Å². The Bertz CT molecular complexity index is 933. The quantitative estimate of drug-likeness (QED) is 0.256. The van der Waals surface area contributed by atoms with Crippen LogP contribution in [0.15, 0.2) is 78.9 Å². The van der Waals surface area contributed by atoms with Gasteiger partial charge in [-0.05, 0) is 52.1 Å². The van der Waals surface area contributed by atoms with E-state index in [-0.39, 0.29) is 5.69 Å². The van der Waals surface area contributed by atoms with Gasteiger partial charge in [0, 0.05) is 22.5 Å². The molecule has 0 radical (unpaired) electrons. The van der Waals surface area contributed by atoms with E-state index in [4.69, 9.17) is 11.6 Å². The minimum atomic E-state index is -0.390. The molecule has 0 saturated carbocycles. The summed E-state index contributed by atoms with van der Waals surface area (Å²) in [4.78, 5) is 10.5. The standard InChI is InChI=1S/C21H15BrClNO2/c22-14-13-21(18-7-11-20(12-8-18)24(25)26)17-3-1-15(2-4-17)16-5-9-19(23)10-6-16/h1-13H,14H2. The van der Waals surface area contributed by atoms with Crippen LogP contribution < -0.4 is 0 Å². The van der Waals surface area contributed by atoms with Crippen molar-refractivity contribution in [3.8, 4) is 11.1 Å². The number of rotatable bonds is 5. The predicted octanol–water partition coefficient (Wildman–Crippen LogP) is 6.74. The minimum absolute atomic E-state index is 0.0880. The molecule has 3 aromatic carbocycles. The van der Waals surface area contributed by atoms with Crippen LogP contribution in [0.25, 0.3) is 16.7 Å². The summed E-state index contributed by atoms with van der Waals surface area (Å²) in [7, 11) is 0. The SMILES string of the molecule is O=[N+]([O-])c1ccc(C(=CCBr)c2ccc(-c3ccc(Cl)cc3)cc2)cc1. The molecule has 0 aliphatic heterocycles. The van der Waals surface area contributed by atoms with Crippen molar-refractivity contribution in [3.63, 3.8) is 0 Å². The molecule has 0 atom stereocenters. The van der Waals surface area contributed by atoms with E-state index in [0.717, 1.165) is 27.8 Å². The molecule has 0 amide bonds. The van der Waals surface area contributed by atoms with Gasteiger partial charge in [0.2, 0.25) is 0 Å². The topological polar surface area (TPSA) is 43.1 Å². The van der Waals surface area contributed by atoms with Gasteiger partial charge >= 0.3 is 0 Å². The summed E-state index contributed by atoms with van der Waals surface area (Å²) in [6.45, 7) is 0. The molecule has 3 nitrogen and oxygen atoms in total. The monoisotopic (exact) mass is 427 g/mol. The number of nitrogens with zero attached hydrogens (tertiary/aromatic N) is 1. The molecule has 0 aliphatic carbocycles. The molecule has 3 aromatic rings. The predicted molar refractivity (Wildman–Crippen MR) is 111 cm³/mol. The number of benzene rings is 3. The highest BCUT2D eigenvalue weighted by Crippen LogP contribution is 2.28. The summed E-state index contributed by atoms with van der Waals surface area (Å²) >= 11 is 9.39. The lowest BCUT2D eigenvalue weighted by molar-refractivity contribution is -0.384. The average molecular weight is 429 g/mol. The molecule has 0 bridgehead atoms. The second-order valence-corrected chi connectivity index (χ2v) is 6.74. The lowest BCUT2D eigenvalue weighted by Crippen LogP contribution is -1.92. The van der Waals surface area contributed by atoms with Gasteiger partial charge < -0.3 is 0 Å². The number of non-ortho nitro benzene ring substituents is 1. The van der Waals surface area contributed by atoms with Crippen molar-refractivity contribution < 1.29 is 4.92 Å². The highest BCUT2D eigenvalue weighted by atomic mass is 79.9. The van der Waals surface area contributed by atoms with E-state index in [1.165, 1.54) is 12.1 Å². The van der Waals surface area contributed by atoms with Gasteiger partial charge in [0.25, 0.3) is 5.69 Å². The van der Waals surface area contributed by atoms with Gasteiger partial charge in [0.05, 0.1) is 4.92 Å². The van der Waals surface area contributed by atoms with Crippen LogP contribution in [-0.2, 0) is 0 Å². The molecule has 0 heterocycles. The van der Waals surface area contributed by atoms with Crippen LogP contribution in [0, 0.1) is 10.1 Å². The van der Waals surface area contributed by atoms with Gasteiger partial charge in [-0.3, -0.25) is 10.1 Å². The number of hydrogen-bond acceptors (Lipinski definition) is 2. The Hall–Kier alpha value is -2.43. The number of nitro groups is 1. The van der Waals surface area contributed by atoms with Gasteiger partial charge in [-0.25, -0.2) is 0 Å². The average Bonchev–Trinajstić information content (AvgIpc) is 2.67. The molecule has 0 N–H and O–H groups in total. The molecule has 3 rings (SSSR count). The Balaban J connectivity index is 1.92. The molecule has 0 aromatic heterocycles. The van der Waals surface area contributed by atoms with Crippen LogP contribution in [0.4, 0.5) is 5.69 Å². The summed E-state index contributed by atoms with van der Waals surface area (Å²) in [6, 6.07) is 22.6. The van der Waals surface area contributed by atoms with E-state index in [0.29, 0.717) is 10.4 Å². The van der Waals surface area contributed by atoms with Crippen LogP contribution >= 0.6 is 27.5 Å². The molecule has 5 heteroatoms. The molecule has 130 valence electrons. The molecule has 0 unspecified atom stereocenters. The van der Waals surface area contributed by atoms with Gasteiger partial charge in [-0.2, -0.15) is 0 Å². The van der Waals surface area contributed by atoms with Crippen LogP contribution in [0.3, 0.4) is 0 Å². The van der Waals surface area contributed by atoms with Crippen molar-refractivity contribution in [1.82, 2.24) is 0 Å². The Kier molecular flexibility index (Phi) is 5.86. The molecular formula is C21H15BrClNO2. The molecule has 26 heavy (non-hydrogen) atoms. The third kappa shape index (κ3) is 4.21. The van der Waals surface area contributed by atoms with Gasteiger partial charge in [-0.15, -0.1) is 0 Å². The molecule has 0 saturated heterocycles. The number of allylic oxidation sites excluding steroid dienone is 1. The highest BCUT2D eigenvalue weighted by molar-refractivity contribution is 9.09. The normalized spacial score (nSPS) is 11.4. The van der Waals surface area contributed by atoms with Crippen molar-refractivity contribution in [2.24, 2.45) is 0 Å². The first-order chi connectivity index (χ1) is 12.6. The highest BCUT2D eigenvalue weighted by Gasteiger charge is 2.09. The molecule has 0 aliphatic rings. The number of alkyl halides is 1. The Morgan fingerprint density at radius 2 is 1.35 bits per heavy atom. The van der Waals surface area contributed by atoms with E-state index in [1.54, 1.807) is 12.1 Å². The summed E-state index contributed by atoms with van der Waals surface area (Å²) in [6.07, 6.45) is 2.05. The Morgan fingerprint density at radius 1 is 0.885 bits per heavy atom.